The van der Waals surface area contributed by atoms with Crippen molar-refractivity contribution in [2.45, 2.75) is 59.8 Å². The van der Waals surface area contributed by atoms with Crippen molar-refractivity contribution in [2.24, 2.45) is 23.7 Å². The Bertz CT molecular complexity index is 321. The van der Waals surface area contributed by atoms with E-state index < -0.39 is 0 Å². The van der Waals surface area contributed by atoms with Gasteiger partial charge in [-0.15, -0.1) is 0 Å². The molecule has 17 heavy (non-hydrogen) atoms. The number of hydrogen-bond acceptors (Lipinski definition) is 0. The minimum Gasteiger partial charge on any atom is -0.0802 e. The van der Waals surface area contributed by atoms with E-state index in [1.165, 1.54) is 32.1 Å². The van der Waals surface area contributed by atoms with Gasteiger partial charge in [0.2, 0.25) is 0 Å². The summed E-state index contributed by atoms with van der Waals surface area (Å²) in [6.45, 7) is 9.56. The van der Waals surface area contributed by atoms with E-state index in [9.17, 15) is 0 Å². The summed E-state index contributed by atoms with van der Waals surface area (Å²) in [5.41, 5.74) is 3.53. The fraction of sp³-hybridized carbons (Fsp3) is 0.765. The Morgan fingerprint density at radius 1 is 0.882 bits per heavy atom. The van der Waals surface area contributed by atoms with E-state index >= 15 is 0 Å². The average molecular weight is 232 g/mol. The molecule has 0 radical (unpaired) electrons. The Labute approximate surface area is 107 Å². The Morgan fingerprint density at radius 3 is 2.00 bits per heavy atom. The van der Waals surface area contributed by atoms with Crippen LogP contribution in [0.4, 0.5) is 0 Å². The fourth-order valence-electron chi connectivity index (χ4n) is 4.60. The predicted molar refractivity (Wildman–Crippen MR) is 75.9 cm³/mol. The molecule has 4 atom stereocenters. The molecule has 0 heteroatoms. The highest BCUT2D eigenvalue weighted by molar-refractivity contribution is 5.40. The summed E-state index contributed by atoms with van der Waals surface area (Å²) in [7, 11) is 0. The Balaban J connectivity index is 2.39. The lowest BCUT2D eigenvalue weighted by molar-refractivity contribution is 0.156. The summed E-state index contributed by atoms with van der Waals surface area (Å²) in [6, 6.07) is 0. The highest BCUT2D eigenvalue weighted by Gasteiger charge is 2.40. The first-order valence-corrected chi connectivity index (χ1v) is 7.67. The average Bonchev–Trinajstić information content (AvgIpc) is 2.84. The van der Waals surface area contributed by atoms with Crippen LogP contribution in [0.1, 0.15) is 59.8 Å². The van der Waals surface area contributed by atoms with Gasteiger partial charge in [-0.05, 0) is 48.5 Å². The third-order valence-corrected chi connectivity index (χ3v) is 5.26. The van der Waals surface area contributed by atoms with Gasteiger partial charge < -0.3 is 0 Å². The van der Waals surface area contributed by atoms with E-state index in [0.717, 1.165) is 23.7 Å². The van der Waals surface area contributed by atoms with Gasteiger partial charge in [0.25, 0.3) is 0 Å². The molecule has 0 aliphatic heterocycles. The number of allylic oxidation sites excluding steroid dienone is 4. The smallest absolute Gasteiger partial charge is 0.0127 e. The summed E-state index contributed by atoms with van der Waals surface area (Å²) in [5.74, 6) is 3.59. The Kier molecular flexibility index (Phi) is 4.12. The zero-order valence-electron chi connectivity index (χ0n) is 12.0. The third-order valence-electron chi connectivity index (χ3n) is 5.26. The Hall–Kier alpha value is -0.520. The summed E-state index contributed by atoms with van der Waals surface area (Å²) in [5, 5.41) is 0. The van der Waals surface area contributed by atoms with Gasteiger partial charge in [-0.2, -0.15) is 0 Å². The third kappa shape index (κ3) is 2.00. The SMILES string of the molecule is CCC1C2=C(CC=C2)C(CC)C(CC)C1CC. The predicted octanol–water partition coefficient (Wildman–Crippen LogP) is 5.36. The van der Waals surface area contributed by atoms with Crippen molar-refractivity contribution >= 4 is 0 Å². The maximum atomic E-state index is 2.45. The maximum Gasteiger partial charge on any atom is -0.0127 e. The van der Waals surface area contributed by atoms with Crippen LogP contribution in [0.2, 0.25) is 0 Å². The molecule has 0 fully saturated rings. The topological polar surface area (TPSA) is 0 Å². The largest absolute Gasteiger partial charge is 0.0802 e. The van der Waals surface area contributed by atoms with Crippen LogP contribution in [0.3, 0.4) is 0 Å². The molecular formula is C17H28. The van der Waals surface area contributed by atoms with Gasteiger partial charge in [-0.1, -0.05) is 58.3 Å². The second kappa shape index (κ2) is 5.42. The molecule has 0 aromatic carbocycles. The molecule has 0 saturated heterocycles. The van der Waals surface area contributed by atoms with Crippen LogP contribution in [0, 0.1) is 23.7 Å². The summed E-state index contributed by atoms with van der Waals surface area (Å²) in [4.78, 5) is 0. The van der Waals surface area contributed by atoms with Crippen molar-refractivity contribution in [2.75, 3.05) is 0 Å². The maximum absolute atomic E-state index is 2.45. The van der Waals surface area contributed by atoms with Crippen LogP contribution in [-0.4, -0.2) is 0 Å². The minimum absolute atomic E-state index is 0.849. The minimum atomic E-state index is 0.849. The fourth-order valence-corrected chi connectivity index (χ4v) is 4.60. The standard InChI is InChI=1S/C17H28/c1-5-12-13(6-2)15(8-4)17-11-9-10-16(17)14(12)7-3/h9-10,12-15H,5-8,11H2,1-4H3. The van der Waals surface area contributed by atoms with Crippen molar-refractivity contribution in [3.05, 3.63) is 23.3 Å². The molecule has 0 saturated carbocycles. The Morgan fingerprint density at radius 2 is 1.47 bits per heavy atom. The number of rotatable bonds is 4. The van der Waals surface area contributed by atoms with E-state index in [0.29, 0.717) is 0 Å². The van der Waals surface area contributed by atoms with Gasteiger partial charge in [0.05, 0.1) is 0 Å². The monoisotopic (exact) mass is 232 g/mol. The molecule has 0 N–H and O–H groups in total. The van der Waals surface area contributed by atoms with Crippen molar-refractivity contribution in [1.29, 1.82) is 0 Å². The first kappa shape index (κ1) is 12.9. The van der Waals surface area contributed by atoms with E-state index in [2.05, 4.69) is 39.8 Å². The molecule has 0 nitrogen and oxygen atoms in total. The van der Waals surface area contributed by atoms with E-state index in [1.54, 1.807) is 11.1 Å². The molecule has 4 unspecified atom stereocenters. The van der Waals surface area contributed by atoms with Gasteiger partial charge in [0, 0.05) is 0 Å². The summed E-state index contributed by atoms with van der Waals surface area (Å²) >= 11 is 0. The van der Waals surface area contributed by atoms with E-state index in [-0.39, 0.29) is 0 Å². The van der Waals surface area contributed by atoms with Crippen molar-refractivity contribution in [3.63, 3.8) is 0 Å². The summed E-state index contributed by atoms with van der Waals surface area (Å²) < 4.78 is 0. The van der Waals surface area contributed by atoms with Gasteiger partial charge in [0.1, 0.15) is 0 Å². The summed E-state index contributed by atoms with van der Waals surface area (Å²) in [6.07, 6.45) is 11.5. The van der Waals surface area contributed by atoms with Crippen LogP contribution in [0.25, 0.3) is 0 Å². The lowest BCUT2D eigenvalue weighted by atomic mass is 9.61. The highest BCUT2D eigenvalue weighted by atomic mass is 14.4. The first-order valence-electron chi connectivity index (χ1n) is 7.67. The second-order valence-electron chi connectivity index (χ2n) is 5.76. The quantitative estimate of drug-likeness (QED) is 0.612. The van der Waals surface area contributed by atoms with Gasteiger partial charge in [-0.25, -0.2) is 0 Å². The van der Waals surface area contributed by atoms with Crippen LogP contribution >= 0.6 is 0 Å². The molecular weight excluding hydrogens is 204 g/mol. The van der Waals surface area contributed by atoms with Gasteiger partial charge >= 0.3 is 0 Å². The van der Waals surface area contributed by atoms with Crippen LogP contribution in [0.15, 0.2) is 23.3 Å². The van der Waals surface area contributed by atoms with Crippen molar-refractivity contribution in [3.8, 4) is 0 Å². The van der Waals surface area contributed by atoms with Gasteiger partial charge in [-0.3, -0.25) is 0 Å². The molecule has 96 valence electrons. The highest BCUT2D eigenvalue weighted by Crippen LogP contribution is 2.51. The van der Waals surface area contributed by atoms with Crippen LogP contribution < -0.4 is 0 Å². The molecule has 0 spiro atoms. The van der Waals surface area contributed by atoms with Crippen LogP contribution in [-0.2, 0) is 0 Å². The van der Waals surface area contributed by atoms with E-state index in [1.807, 2.05) is 0 Å². The molecule has 0 aromatic rings. The zero-order chi connectivity index (χ0) is 12.4. The van der Waals surface area contributed by atoms with Gasteiger partial charge in [0.15, 0.2) is 0 Å². The molecule has 0 amide bonds. The first-order chi connectivity index (χ1) is 8.28. The molecule has 2 aliphatic carbocycles. The molecule has 0 aromatic heterocycles. The molecule has 2 rings (SSSR count). The van der Waals surface area contributed by atoms with Crippen molar-refractivity contribution < 1.29 is 0 Å². The van der Waals surface area contributed by atoms with E-state index in [4.69, 9.17) is 0 Å². The number of hydrogen-bond donors (Lipinski definition) is 0. The molecule has 2 aliphatic rings. The molecule has 0 heterocycles. The normalized spacial score (nSPS) is 36.5. The van der Waals surface area contributed by atoms with Crippen molar-refractivity contribution in [1.82, 2.24) is 0 Å². The second-order valence-corrected chi connectivity index (χ2v) is 5.76. The lowest BCUT2D eigenvalue weighted by Gasteiger charge is -2.44. The molecule has 0 bridgehead atoms. The zero-order valence-corrected chi connectivity index (χ0v) is 12.0. The lowest BCUT2D eigenvalue weighted by Crippen LogP contribution is -2.35. The van der Waals surface area contributed by atoms with Crippen LogP contribution in [0.5, 0.6) is 0 Å².